The summed E-state index contributed by atoms with van der Waals surface area (Å²) in [5.41, 5.74) is 0.793. The van der Waals surface area contributed by atoms with E-state index in [1.165, 1.54) is 0 Å². The fourth-order valence-electron chi connectivity index (χ4n) is 2.29. The molecule has 0 amide bonds. The molecule has 1 unspecified atom stereocenters. The van der Waals surface area contributed by atoms with Crippen molar-refractivity contribution < 1.29 is 24.5 Å². The fraction of sp³-hybridized carbons (Fsp3) is 0.500. The summed E-state index contributed by atoms with van der Waals surface area (Å²) in [6.07, 6.45) is -0.285. The van der Waals surface area contributed by atoms with Crippen LogP contribution in [-0.4, -0.2) is 54.0 Å². The highest BCUT2D eigenvalue weighted by Crippen LogP contribution is 2.25. The number of aliphatic carboxylic acids is 1. The molecule has 2 N–H and O–H groups in total. The van der Waals surface area contributed by atoms with Crippen LogP contribution in [-0.2, 0) is 16.1 Å². The largest absolute Gasteiger partial charge is 0.507 e. The van der Waals surface area contributed by atoms with Gasteiger partial charge in [0.15, 0.2) is 0 Å². The quantitative estimate of drug-likeness (QED) is 0.840. The molecule has 0 saturated carbocycles. The van der Waals surface area contributed by atoms with E-state index in [-0.39, 0.29) is 18.3 Å². The highest BCUT2D eigenvalue weighted by molar-refractivity contribution is 5.67. The number of benzene rings is 1. The zero-order valence-corrected chi connectivity index (χ0v) is 11.4. The minimum absolute atomic E-state index is 0.00505. The summed E-state index contributed by atoms with van der Waals surface area (Å²) in [6.45, 7) is 2.35. The van der Waals surface area contributed by atoms with Gasteiger partial charge in [0.2, 0.25) is 0 Å². The number of hydrogen-bond acceptors (Lipinski definition) is 5. The van der Waals surface area contributed by atoms with Crippen molar-refractivity contribution in [3.05, 3.63) is 23.8 Å². The molecule has 1 aliphatic rings. The van der Waals surface area contributed by atoms with Crippen LogP contribution in [0, 0.1) is 0 Å². The summed E-state index contributed by atoms with van der Waals surface area (Å²) >= 11 is 0. The molecule has 1 atom stereocenters. The Kier molecular flexibility index (Phi) is 4.81. The van der Waals surface area contributed by atoms with Crippen LogP contribution in [0.15, 0.2) is 18.2 Å². The van der Waals surface area contributed by atoms with Crippen molar-refractivity contribution in [2.75, 3.05) is 26.8 Å². The van der Waals surface area contributed by atoms with Gasteiger partial charge in [0.05, 0.1) is 26.2 Å². The number of methoxy groups -OCH3 is 1. The predicted molar refractivity (Wildman–Crippen MR) is 71.9 cm³/mol. The number of carboxylic acid groups (broad SMARTS) is 1. The summed E-state index contributed by atoms with van der Waals surface area (Å²) in [4.78, 5) is 12.8. The minimum atomic E-state index is -0.857. The number of hydrogen-bond donors (Lipinski definition) is 2. The first-order valence-corrected chi connectivity index (χ1v) is 6.50. The van der Waals surface area contributed by atoms with Gasteiger partial charge >= 0.3 is 5.97 Å². The lowest BCUT2D eigenvalue weighted by Gasteiger charge is -2.32. The van der Waals surface area contributed by atoms with Gasteiger partial charge in [-0.05, 0) is 6.07 Å². The maximum Gasteiger partial charge on any atom is 0.306 e. The maximum absolute atomic E-state index is 10.7. The number of aromatic hydroxyl groups is 1. The van der Waals surface area contributed by atoms with Crippen LogP contribution in [0.1, 0.15) is 12.0 Å². The van der Waals surface area contributed by atoms with Gasteiger partial charge in [-0.3, -0.25) is 9.69 Å². The number of nitrogens with zero attached hydrogens (tertiary/aromatic N) is 1. The van der Waals surface area contributed by atoms with Crippen LogP contribution in [0.3, 0.4) is 0 Å². The number of phenols is 1. The van der Waals surface area contributed by atoms with E-state index in [0.29, 0.717) is 25.4 Å². The van der Waals surface area contributed by atoms with E-state index in [2.05, 4.69) is 4.90 Å². The SMILES string of the molecule is COc1ccc(CN2CCOC(CC(=O)O)C2)c(O)c1. The Bertz CT molecular complexity index is 477. The summed E-state index contributed by atoms with van der Waals surface area (Å²) in [7, 11) is 1.55. The molecule has 0 aliphatic carbocycles. The molecule has 20 heavy (non-hydrogen) atoms. The molecule has 0 radical (unpaired) electrons. The standard InChI is InChI=1S/C14H19NO5/c1-19-11-3-2-10(13(16)6-11)8-15-4-5-20-12(9-15)7-14(17)18/h2-3,6,12,16H,4-5,7-9H2,1H3,(H,17,18). The fourth-order valence-corrected chi connectivity index (χ4v) is 2.29. The van der Waals surface area contributed by atoms with Crippen molar-refractivity contribution in [1.29, 1.82) is 0 Å². The molecule has 0 aromatic heterocycles. The first kappa shape index (κ1) is 14.6. The second-order valence-electron chi connectivity index (χ2n) is 4.82. The topological polar surface area (TPSA) is 79.2 Å². The monoisotopic (exact) mass is 281 g/mol. The van der Waals surface area contributed by atoms with Crippen LogP contribution in [0.2, 0.25) is 0 Å². The summed E-state index contributed by atoms with van der Waals surface area (Å²) in [5, 5.41) is 18.7. The Balaban J connectivity index is 1.97. The van der Waals surface area contributed by atoms with Crippen molar-refractivity contribution in [1.82, 2.24) is 4.90 Å². The van der Waals surface area contributed by atoms with E-state index in [4.69, 9.17) is 14.6 Å². The molecule has 1 aromatic rings. The van der Waals surface area contributed by atoms with Crippen molar-refractivity contribution >= 4 is 5.97 Å². The van der Waals surface area contributed by atoms with E-state index < -0.39 is 5.97 Å². The molecule has 6 nitrogen and oxygen atoms in total. The van der Waals surface area contributed by atoms with Crippen LogP contribution in [0.4, 0.5) is 0 Å². The van der Waals surface area contributed by atoms with Gasteiger partial charge in [-0.15, -0.1) is 0 Å². The Morgan fingerprint density at radius 2 is 2.35 bits per heavy atom. The maximum atomic E-state index is 10.7. The molecule has 1 saturated heterocycles. The third kappa shape index (κ3) is 3.85. The normalized spacial score (nSPS) is 19.8. The lowest BCUT2D eigenvalue weighted by Crippen LogP contribution is -2.42. The van der Waals surface area contributed by atoms with E-state index >= 15 is 0 Å². The Morgan fingerprint density at radius 3 is 3.00 bits per heavy atom. The lowest BCUT2D eigenvalue weighted by atomic mass is 10.1. The Labute approximate surface area is 117 Å². The average Bonchev–Trinajstić information content (AvgIpc) is 2.41. The zero-order chi connectivity index (χ0) is 14.5. The summed E-state index contributed by atoms with van der Waals surface area (Å²) < 4.78 is 10.5. The highest BCUT2D eigenvalue weighted by atomic mass is 16.5. The molecule has 2 rings (SSSR count). The van der Waals surface area contributed by atoms with Gasteiger partial charge in [-0.2, -0.15) is 0 Å². The van der Waals surface area contributed by atoms with Gasteiger partial charge in [0, 0.05) is 31.3 Å². The van der Waals surface area contributed by atoms with Crippen LogP contribution >= 0.6 is 0 Å². The third-order valence-corrected chi connectivity index (χ3v) is 3.31. The van der Waals surface area contributed by atoms with Crippen molar-refractivity contribution in [2.45, 2.75) is 19.1 Å². The second-order valence-corrected chi connectivity index (χ2v) is 4.82. The van der Waals surface area contributed by atoms with Gasteiger partial charge < -0.3 is 19.7 Å². The first-order chi connectivity index (χ1) is 9.58. The minimum Gasteiger partial charge on any atom is -0.507 e. The molecule has 1 aliphatic heterocycles. The average molecular weight is 281 g/mol. The van der Waals surface area contributed by atoms with Crippen LogP contribution < -0.4 is 4.74 Å². The Morgan fingerprint density at radius 1 is 1.55 bits per heavy atom. The lowest BCUT2D eigenvalue weighted by molar-refractivity contribution is -0.142. The number of rotatable bonds is 5. The molecule has 1 heterocycles. The number of phenolic OH excluding ortho intramolecular Hbond substituents is 1. The molecule has 0 bridgehead atoms. The van der Waals surface area contributed by atoms with Crippen LogP contribution in [0.25, 0.3) is 0 Å². The van der Waals surface area contributed by atoms with E-state index in [1.54, 1.807) is 19.2 Å². The highest BCUT2D eigenvalue weighted by Gasteiger charge is 2.23. The number of morpholine rings is 1. The third-order valence-electron chi connectivity index (χ3n) is 3.31. The van der Waals surface area contributed by atoms with E-state index in [0.717, 1.165) is 12.1 Å². The van der Waals surface area contributed by atoms with E-state index in [9.17, 15) is 9.90 Å². The molecular formula is C14H19NO5. The van der Waals surface area contributed by atoms with Gasteiger partial charge in [-0.25, -0.2) is 0 Å². The summed E-state index contributed by atoms with van der Waals surface area (Å²) in [5.74, 6) is -0.0632. The second kappa shape index (κ2) is 6.58. The van der Waals surface area contributed by atoms with Crippen molar-refractivity contribution in [3.63, 3.8) is 0 Å². The van der Waals surface area contributed by atoms with Crippen molar-refractivity contribution in [3.8, 4) is 11.5 Å². The van der Waals surface area contributed by atoms with Crippen LogP contribution in [0.5, 0.6) is 11.5 Å². The first-order valence-electron chi connectivity index (χ1n) is 6.50. The number of carboxylic acids is 1. The molecule has 1 aromatic carbocycles. The summed E-state index contributed by atoms with van der Waals surface area (Å²) in [6, 6.07) is 5.19. The zero-order valence-electron chi connectivity index (χ0n) is 11.4. The molecule has 6 heteroatoms. The molecular weight excluding hydrogens is 262 g/mol. The number of ether oxygens (including phenoxy) is 2. The van der Waals surface area contributed by atoms with Crippen molar-refractivity contribution in [2.24, 2.45) is 0 Å². The van der Waals surface area contributed by atoms with Gasteiger partial charge in [0.1, 0.15) is 11.5 Å². The number of carbonyl (C=O) groups is 1. The predicted octanol–water partition coefficient (Wildman–Crippen LogP) is 1.08. The molecule has 110 valence electrons. The Hall–Kier alpha value is -1.79. The van der Waals surface area contributed by atoms with Gasteiger partial charge in [0.25, 0.3) is 0 Å². The molecule has 1 fully saturated rings. The smallest absolute Gasteiger partial charge is 0.306 e. The van der Waals surface area contributed by atoms with Gasteiger partial charge in [-0.1, -0.05) is 6.07 Å². The molecule has 0 spiro atoms. The van der Waals surface area contributed by atoms with E-state index in [1.807, 2.05) is 6.07 Å².